The van der Waals surface area contributed by atoms with E-state index < -0.39 is 0 Å². The number of piperidine rings is 1. The summed E-state index contributed by atoms with van der Waals surface area (Å²) < 4.78 is 0. The van der Waals surface area contributed by atoms with Gasteiger partial charge in [-0.3, -0.25) is 9.59 Å². The molecule has 1 aromatic rings. The normalized spacial score (nSPS) is 30.7. The summed E-state index contributed by atoms with van der Waals surface area (Å²) >= 11 is 1.66. The molecule has 3 saturated heterocycles. The van der Waals surface area contributed by atoms with Crippen molar-refractivity contribution in [1.29, 1.82) is 0 Å². The molecule has 6 heteroatoms. The van der Waals surface area contributed by atoms with E-state index >= 15 is 0 Å². The van der Waals surface area contributed by atoms with Gasteiger partial charge in [0.05, 0.1) is 5.92 Å². The molecule has 3 heterocycles. The van der Waals surface area contributed by atoms with Gasteiger partial charge in [-0.15, -0.1) is 11.8 Å². The van der Waals surface area contributed by atoms with E-state index in [0.29, 0.717) is 31.1 Å². The molecule has 140 valence electrons. The minimum absolute atomic E-state index is 0.0559. The minimum Gasteiger partial charge on any atom is -0.342 e. The maximum absolute atomic E-state index is 13.0. The monoisotopic (exact) mass is 373 g/mol. The molecule has 3 fully saturated rings. The third kappa shape index (κ3) is 3.37. The van der Waals surface area contributed by atoms with E-state index in [1.165, 1.54) is 12.8 Å². The summed E-state index contributed by atoms with van der Waals surface area (Å²) in [4.78, 5) is 30.4. The highest BCUT2D eigenvalue weighted by Crippen LogP contribution is 2.32. The highest BCUT2D eigenvalue weighted by molar-refractivity contribution is 7.98. The summed E-state index contributed by atoms with van der Waals surface area (Å²) in [5, 5.41) is 3.63. The number of thioether (sulfide) groups is 1. The van der Waals surface area contributed by atoms with Crippen LogP contribution in [0.5, 0.6) is 0 Å². The number of carbonyl (C=O) groups excluding carboxylic acids is 2. The van der Waals surface area contributed by atoms with Gasteiger partial charge >= 0.3 is 0 Å². The Morgan fingerprint density at radius 3 is 2.69 bits per heavy atom. The fourth-order valence-corrected chi connectivity index (χ4v) is 5.17. The Balaban J connectivity index is 1.43. The molecule has 0 radical (unpaired) electrons. The Morgan fingerprint density at radius 2 is 2.00 bits per heavy atom. The van der Waals surface area contributed by atoms with Crippen molar-refractivity contribution < 1.29 is 9.59 Å². The van der Waals surface area contributed by atoms with Crippen LogP contribution in [-0.4, -0.2) is 54.7 Å². The zero-order valence-electron chi connectivity index (χ0n) is 15.5. The van der Waals surface area contributed by atoms with Crippen LogP contribution in [0.2, 0.25) is 0 Å². The lowest BCUT2D eigenvalue weighted by Crippen LogP contribution is -2.50. The van der Waals surface area contributed by atoms with Crippen molar-refractivity contribution in [2.45, 2.75) is 55.1 Å². The van der Waals surface area contributed by atoms with Crippen LogP contribution in [0.4, 0.5) is 5.69 Å². The smallest absolute Gasteiger partial charge is 0.228 e. The Morgan fingerprint density at radius 1 is 1.27 bits per heavy atom. The number of hydrogen-bond donors (Lipinski definition) is 1. The first-order valence-corrected chi connectivity index (χ1v) is 10.7. The van der Waals surface area contributed by atoms with E-state index in [2.05, 4.69) is 5.32 Å². The molecular formula is C20H27N3O2S. The summed E-state index contributed by atoms with van der Waals surface area (Å²) in [5.74, 6) is -0.0356. The van der Waals surface area contributed by atoms with Crippen molar-refractivity contribution in [3.8, 4) is 0 Å². The molecule has 0 spiro atoms. The predicted octanol–water partition coefficient (Wildman–Crippen LogP) is 2.50. The molecular weight excluding hydrogens is 346 g/mol. The summed E-state index contributed by atoms with van der Waals surface area (Å²) in [5.41, 5.74) is 0.903. The Kier molecular flexibility index (Phi) is 4.97. The zero-order chi connectivity index (χ0) is 18.3. The van der Waals surface area contributed by atoms with Gasteiger partial charge in [0, 0.05) is 48.7 Å². The molecule has 0 aliphatic carbocycles. The van der Waals surface area contributed by atoms with Crippen LogP contribution in [0.1, 0.15) is 32.1 Å². The molecule has 4 rings (SSSR count). The molecule has 5 nitrogen and oxygen atoms in total. The van der Waals surface area contributed by atoms with Gasteiger partial charge in [0.2, 0.25) is 11.8 Å². The van der Waals surface area contributed by atoms with Gasteiger partial charge in [0.25, 0.3) is 0 Å². The first-order chi connectivity index (χ1) is 12.5. The third-order valence-corrected chi connectivity index (χ3v) is 6.91. The number of nitrogens with one attached hydrogen (secondary N) is 1. The van der Waals surface area contributed by atoms with Crippen LogP contribution in [0.3, 0.4) is 0 Å². The van der Waals surface area contributed by atoms with Gasteiger partial charge in [0.15, 0.2) is 0 Å². The van der Waals surface area contributed by atoms with Crippen LogP contribution in [-0.2, 0) is 9.59 Å². The molecule has 1 aromatic carbocycles. The van der Waals surface area contributed by atoms with Gasteiger partial charge in [-0.2, -0.15) is 0 Å². The van der Waals surface area contributed by atoms with Crippen molar-refractivity contribution in [2.75, 3.05) is 24.7 Å². The lowest BCUT2D eigenvalue weighted by Gasteiger charge is -2.36. The number of nitrogens with zero attached hydrogens (tertiary/aromatic N) is 2. The third-order valence-electron chi connectivity index (χ3n) is 6.18. The van der Waals surface area contributed by atoms with Crippen molar-refractivity contribution in [2.24, 2.45) is 5.92 Å². The molecule has 0 aromatic heterocycles. The number of fused-ring (bicyclic) bond motifs is 2. The second-order valence-electron chi connectivity index (χ2n) is 7.82. The highest BCUT2D eigenvalue weighted by atomic mass is 32.2. The number of rotatable bonds is 4. The SMILES string of the molecule is CSc1cccc(N2CC(C(=O)N(C)C3CC4CCC(C3)N4)CC2=O)c1. The first kappa shape index (κ1) is 17.9. The molecule has 1 N–H and O–H groups in total. The van der Waals surface area contributed by atoms with Crippen molar-refractivity contribution in [3.05, 3.63) is 24.3 Å². The van der Waals surface area contributed by atoms with Crippen molar-refractivity contribution in [1.82, 2.24) is 10.2 Å². The van der Waals surface area contributed by atoms with E-state index in [1.54, 1.807) is 16.7 Å². The highest BCUT2D eigenvalue weighted by Gasteiger charge is 2.41. The number of hydrogen-bond acceptors (Lipinski definition) is 4. The van der Waals surface area contributed by atoms with Crippen molar-refractivity contribution in [3.63, 3.8) is 0 Å². The Bertz CT molecular complexity index is 698. The fraction of sp³-hybridized carbons (Fsp3) is 0.600. The lowest BCUT2D eigenvalue weighted by molar-refractivity contribution is -0.137. The zero-order valence-corrected chi connectivity index (χ0v) is 16.3. The van der Waals surface area contributed by atoms with Gasteiger partial charge < -0.3 is 15.1 Å². The summed E-state index contributed by atoms with van der Waals surface area (Å²) in [6.07, 6.45) is 6.88. The lowest BCUT2D eigenvalue weighted by atomic mass is 9.97. The van der Waals surface area contributed by atoms with E-state index in [9.17, 15) is 9.59 Å². The molecule has 3 atom stereocenters. The fourth-order valence-electron chi connectivity index (χ4n) is 4.71. The number of anilines is 1. The largest absolute Gasteiger partial charge is 0.342 e. The second kappa shape index (κ2) is 7.24. The Labute approximate surface area is 159 Å². The summed E-state index contributed by atoms with van der Waals surface area (Å²) in [6.45, 7) is 0.498. The van der Waals surface area contributed by atoms with Gasteiger partial charge in [-0.1, -0.05) is 6.07 Å². The van der Waals surface area contributed by atoms with Crippen LogP contribution in [0.15, 0.2) is 29.2 Å². The number of carbonyl (C=O) groups is 2. The van der Waals surface area contributed by atoms with E-state index in [1.807, 2.05) is 42.5 Å². The molecule has 2 bridgehead atoms. The van der Waals surface area contributed by atoms with Crippen molar-refractivity contribution >= 4 is 29.3 Å². The van der Waals surface area contributed by atoms with E-state index in [4.69, 9.17) is 0 Å². The molecule has 3 unspecified atom stereocenters. The molecule has 26 heavy (non-hydrogen) atoms. The maximum atomic E-state index is 13.0. The Hall–Kier alpha value is -1.53. The first-order valence-electron chi connectivity index (χ1n) is 9.52. The van der Waals surface area contributed by atoms with Crippen LogP contribution in [0.25, 0.3) is 0 Å². The van der Waals surface area contributed by atoms with Gasteiger partial charge in [-0.05, 0) is 50.1 Å². The van der Waals surface area contributed by atoms with Crippen LogP contribution >= 0.6 is 11.8 Å². The van der Waals surface area contributed by atoms with Gasteiger partial charge in [0.1, 0.15) is 0 Å². The topological polar surface area (TPSA) is 52.7 Å². The van der Waals surface area contributed by atoms with Crippen LogP contribution < -0.4 is 10.2 Å². The molecule has 3 aliphatic heterocycles. The number of amides is 2. The second-order valence-corrected chi connectivity index (χ2v) is 8.70. The summed E-state index contributed by atoms with van der Waals surface area (Å²) in [7, 11) is 1.93. The minimum atomic E-state index is -0.224. The quantitative estimate of drug-likeness (QED) is 0.824. The average molecular weight is 374 g/mol. The average Bonchev–Trinajstić information content (AvgIpc) is 3.22. The standard InChI is InChI=1S/C20H27N3O2S/c1-22(17-9-14-6-7-15(10-17)21-14)20(25)13-8-19(24)23(12-13)16-4-3-5-18(11-16)26-2/h3-5,11,13-15,17,21H,6-10,12H2,1-2H3. The van der Waals surface area contributed by atoms with E-state index in [-0.39, 0.29) is 17.7 Å². The maximum Gasteiger partial charge on any atom is 0.228 e. The predicted molar refractivity (Wildman–Crippen MR) is 104 cm³/mol. The van der Waals surface area contributed by atoms with E-state index in [0.717, 1.165) is 23.4 Å². The van der Waals surface area contributed by atoms with Gasteiger partial charge in [-0.25, -0.2) is 0 Å². The molecule has 3 aliphatic rings. The number of benzene rings is 1. The molecule has 2 amide bonds. The van der Waals surface area contributed by atoms with Crippen LogP contribution in [0, 0.1) is 5.92 Å². The molecule has 0 saturated carbocycles. The summed E-state index contributed by atoms with van der Waals surface area (Å²) in [6, 6.07) is 9.43.